The summed E-state index contributed by atoms with van der Waals surface area (Å²) < 4.78 is 5.84. The van der Waals surface area contributed by atoms with Gasteiger partial charge in [0.05, 0.1) is 17.9 Å². The Hall–Kier alpha value is -3.60. The number of nitrogens with one attached hydrogen (secondary N) is 1. The van der Waals surface area contributed by atoms with E-state index >= 15 is 0 Å². The van der Waals surface area contributed by atoms with E-state index in [1.807, 2.05) is 41.3 Å². The summed E-state index contributed by atoms with van der Waals surface area (Å²) in [6.07, 6.45) is 2.85. The maximum Gasteiger partial charge on any atom is 0.255 e. The zero-order valence-corrected chi connectivity index (χ0v) is 17.4. The van der Waals surface area contributed by atoms with E-state index < -0.39 is 0 Å². The fourth-order valence-corrected chi connectivity index (χ4v) is 3.72. The molecule has 1 saturated heterocycles. The lowest BCUT2D eigenvalue weighted by Crippen LogP contribution is -2.28. The van der Waals surface area contributed by atoms with Gasteiger partial charge in [-0.2, -0.15) is 0 Å². The van der Waals surface area contributed by atoms with E-state index in [0.29, 0.717) is 29.2 Å². The van der Waals surface area contributed by atoms with Crippen molar-refractivity contribution >= 4 is 17.5 Å². The maximum atomic E-state index is 12.9. The van der Waals surface area contributed by atoms with Crippen LogP contribution in [0.1, 0.15) is 39.1 Å². The van der Waals surface area contributed by atoms with Crippen molar-refractivity contribution in [2.45, 2.75) is 19.3 Å². The smallest absolute Gasteiger partial charge is 0.255 e. The van der Waals surface area contributed by atoms with Gasteiger partial charge in [0, 0.05) is 25.1 Å². The molecule has 1 aliphatic rings. The molecule has 5 nitrogen and oxygen atoms in total. The summed E-state index contributed by atoms with van der Waals surface area (Å²) in [5.74, 6) is 0.339. The van der Waals surface area contributed by atoms with Crippen molar-refractivity contribution in [1.29, 1.82) is 0 Å². The molecule has 0 aromatic heterocycles. The third-order valence-corrected chi connectivity index (χ3v) is 5.40. The summed E-state index contributed by atoms with van der Waals surface area (Å²) in [4.78, 5) is 27.5. The Morgan fingerprint density at radius 3 is 2.42 bits per heavy atom. The van der Waals surface area contributed by atoms with E-state index in [1.165, 1.54) is 5.56 Å². The highest BCUT2D eigenvalue weighted by atomic mass is 16.5. The van der Waals surface area contributed by atoms with Gasteiger partial charge in [-0.25, -0.2) is 0 Å². The van der Waals surface area contributed by atoms with Crippen LogP contribution in [0.15, 0.2) is 78.9 Å². The summed E-state index contributed by atoms with van der Waals surface area (Å²) in [5.41, 5.74) is 2.74. The van der Waals surface area contributed by atoms with E-state index in [2.05, 4.69) is 17.4 Å². The average Bonchev–Trinajstić information content (AvgIpc) is 3.35. The lowest BCUT2D eigenvalue weighted by Gasteiger charge is -2.18. The van der Waals surface area contributed by atoms with Gasteiger partial charge < -0.3 is 15.0 Å². The number of hydrogen-bond donors (Lipinski definition) is 1. The number of carbonyl (C=O) groups is 2. The fraction of sp³-hybridized carbons (Fsp3) is 0.231. The van der Waals surface area contributed by atoms with Gasteiger partial charge >= 0.3 is 0 Å². The van der Waals surface area contributed by atoms with Gasteiger partial charge in [0.1, 0.15) is 5.75 Å². The molecular formula is C26H26N2O3. The second-order valence-corrected chi connectivity index (χ2v) is 7.61. The number of likely N-dealkylation sites (tertiary alicyclic amines) is 1. The Balaban J connectivity index is 1.41. The normalized spacial score (nSPS) is 13.1. The number of ether oxygens (including phenoxy) is 1. The molecule has 0 saturated carbocycles. The minimum atomic E-state index is -0.268. The highest BCUT2D eigenvalue weighted by Crippen LogP contribution is 2.22. The molecule has 1 heterocycles. The van der Waals surface area contributed by atoms with Crippen LogP contribution in [0.2, 0.25) is 0 Å². The molecule has 1 fully saturated rings. The zero-order valence-electron chi connectivity index (χ0n) is 17.4. The molecule has 0 spiro atoms. The maximum absolute atomic E-state index is 12.9. The first-order valence-electron chi connectivity index (χ1n) is 10.7. The molecule has 4 rings (SSSR count). The van der Waals surface area contributed by atoms with E-state index in [1.54, 1.807) is 30.3 Å². The lowest BCUT2D eigenvalue weighted by molar-refractivity contribution is 0.0794. The van der Waals surface area contributed by atoms with Gasteiger partial charge in [-0.05, 0) is 48.7 Å². The summed E-state index contributed by atoms with van der Waals surface area (Å²) in [6.45, 7) is 2.06. The van der Waals surface area contributed by atoms with E-state index in [9.17, 15) is 9.59 Å². The highest BCUT2D eigenvalue weighted by Gasteiger charge is 2.22. The van der Waals surface area contributed by atoms with Gasteiger partial charge in [0.2, 0.25) is 0 Å². The molecule has 2 amide bonds. The number of benzene rings is 3. The van der Waals surface area contributed by atoms with E-state index in [0.717, 1.165) is 32.4 Å². The molecule has 31 heavy (non-hydrogen) atoms. The molecule has 0 radical (unpaired) electrons. The first kappa shape index (κ1) is 20.7. The molecule has 5 heteroatoms. The topological polar surface area (TPSA) is 58.6 Å². The molecule has 3 aromatic carbocycles. The van der Waals surface area contributed by atoms with Crippen molar-refractivity contribution in [1.82, 2.24) is 4.90 Å². The van der Waals surface area contributed by atoms with Gasteiger partial charge in [0.25, 0.3) is 11.8 Å². The minimum Gasteiger partial charge on any atom is -0.493 e. The van der Waals surface area contributed by atoms with Crippen LogP contribution in [0, 0.1) is 0 Å². The minimum absolute atomic E-state index is 0.0357. The molecule has 0 atom stereocenters. The Morgan fingerprint density at radius 2 is 1.61 bits per heavy atom. The molecule has 0 unspecified atom stereocenters. The molecule has 0 aliphatic carbocycles. The predicted octanol–water partition coefficient (Wildman–Crippen LogP) is 4.80. The summed E-state index contributed by atoms with van der Waals surface area (Å²) >= 11 is 0. The molecule has 1 aliphatic heterocycles. The van der Waals surface area contributed by atoms with Crippen molar-refractivity contribution in [2.24, 2.45) is 0 Å². The first-order valence-corrected chi connectivity index (χ1v) is 10.7. The lowest BCUT2D eigenvalue weighted by atomic mass is 10.1. The molecule has 3 aromatic rings. The van der Waals surface area contributed by atoms with Crippen molar-refractivity contribution in [2.75, 3.05) is 25.0 Å². The van der Waals surface area contributed by atoms with Crippen LogP contribution in [0.5, 0.6) is 5.75 Å². The van der Waals surface area contributed by atoms with E-state index in [4.69, 9.17) is 4.74 Å². The highest BCUT2D eigenvalue weighted by molar-refractivity contribution is 6.09. The van der Waals surface area contributed by atoms with Gasteiger partial charge in [0.15, 0.2) is 0 Å². The number of nitrogens with zero attached hydrogens (tertiary/aromatic N) is 1. The number of anilines is 1. The van der Waals surface area contributed by atoms with Crippen LogP contribution in [-0.2, 0) is 6.42 Å². The Labute approximate surface area is 182 Å². The predicted molar refractivity (Wildman–Crippen MR) is 122 cm³/mol. The molecule has 1 N–H and O–H groups in total. The molecule has 0 bridgehead atoms. The number of rotatable bonds is 7. The van der Waals surface area contributed by atoms with Crippen molar-refractivity contribution in [3.63, 3.8) is 0 Å². The molecule has 158 valence electrons. The third kappa shape index (κ3) is 5.31. The monoisotopic (exact) mass is 414 g/mol. The Morgan fingerprint density at radius 1 is 0.871 bits per heavy atom. The second kappa shape index (κ2) is 9.94. The third-order valence-electron chi connectivity index (χ3n) is 5.40. The van der Waals surface area contributed by atoms with Crippen LogP contribution < -0.4 is 10.1 Å². The van der Waals surface area contributed by atoms with Gasteiger partial charge in [-0.3, -0.25) is 9.59 Å². The van der Waals surface area contributed by atoms with Crippen molar-refractivity contribution < 1.29 is 14.3 Å². The van der Waals surface area contributed by atoms with Gasteiger partial charge in [-0.1, -0.05) is 48.5 Å². The van der Waals surface area contributed by atoms with Crippen LogP contribution in [-0.4, -0.2) is 36.4 Å². The number of para-hydroxylation sites is 1. The summed E-state index contributed by atoms with van der Waals surface area (Å²) in [7, 11) is 0. The number of carbonyl (C=O) groups excluding carboxylic acids is 2. The summed E-state index contributed by atoms with van der Waals surface area (Å²) in [6, 6.07) is 24.4. The Bertz CT molecular complexity index is 1040. The van der Waals surface area contributed by atoms with Crippen LogP contribution in [0.25, 0.3) is 0 Å². The standard InChI is InChI=1S/C26H26N2O3/c29-25(27-24-14-5-4-13-23(24)26(30)28-16-6-7-17-28)21-11-8-12-22(19-21)31-18-15-20-9-2-1-3-10-20/h1-5,8-14,19H,6-7,15-18H2,(H,27,29). The van der Waals surface area contributed by atoms with Crippen molar-refractivity contribution in [3.05, 3.63) is 95.6 Å². The average molecular weight is 415 g/mol. The Kier molecular flexibility index (Phi) is 6.62. The quantitative estimate of drug-likeness (QED) is 0.604. The number of hydrogen-bond acceptors (Lipinski definition) is 3. The van der Waals surface area contributed by atoms with Crippen LogP contribution in [0.3, 0.4) is 0 Å². The van der Waals surface area contributed by atoms with E-state index in [-0.39, 0.29) is 11.8 Å². The fourth-order valence-electron chi connectivity index (χ4n) is 3.72. The largest absolute Gasteiger partial charge is 0.493 e. The zero-order chi connectivity index (χ0) is 21.5. The van der Waals surface area contributed by atoms with Crippen LogP contribution >= 0.6 is 0 Å². The van der Waals surface area contributed by atoms with Gasteiger partial charge in [-0.15, -0.1) is 0 Å². The SMILES string of the molecule is O=C(Nc1ccccc1C(=O)N1CCCC1)c1cccc(OCCc2ccccc2)c1. The first-order chi connectivity index (χ1) is 15.2. The van der Waals surface area contributed by atoms with Crippen molar-refractivity contribution in [3.8, 4) is 5.75 Å². The van der Waals surface area contributed by atoms with Crippen LogP contribution in [0.4, 0.5) is 5.69 Å². The second-order valence-electron chi connectivity index (χ2n) is 7.61. The number of amides is 2. The molecular weight excluding hydrogens is 388 g/mol. The summed E-state index contributed by atoms with van der Waals surface area (Å²) in [5, 5.41) is 2.90.